The van der Waals surface area contributed by atoms with Crippen LogP contribution in [0.15, 0.2) is 42.5 Å². The van der Waals surface area contributed by atoms with Crippen LogP contribution in [0.4, 0.5) is 0 Å². The molecule has 0 aliphatic carbocycles. The van der Waals surface area contributed by atoms with Crippen molar-refractivity contribution in [2.75, 3.05) is 40.1 Å². The molecule has 0 bridgehead atoms. The van der Waals surface area contributed by atoms with Crippen LogP contribution in [-0.2, 0) is 14.3 Å². The maximum atomic E-state index is 14.2. The molecule has 1 fully saturated rings. The molecule has 2 aliphatic heterocycles. The summed E-state index contributed by atoms with van der Waals surface area (Å²) in [5.74, 6) is 1.30. The van der Waals surface area contributed by atoms with Crippen molar-refractivity contribution < 1.29 is 28.5 Å². The number of hydrogen-bond acceptors (Lipinski definition) is 7. The number of esters is 1. The van der Waals surface area contributed by atoms with Crippen molar-refractivity contribution in [1.82, 2.24) is 9.80 Å². The van der Waals surface area contributed by atoms with Gasteiger partial charge in [0.25, 0.3) is 0 Å². The van der Waals surface area contributed by atoms with E-state index in [9.17, 15) is 9.59 Å². The van der Waals surface area contributed by atoms with Crippen LogP contribution >= 0.6 is 0 Å². The van der Waals surface area contributed by atoms with Gasteiger partial charge in [0.15, 0.2) is 11.5 Å². The molecule has 40 heavy (non-hydrogen) atoms. The predicted octanol–water partition coefficient (Wildman–Crippen LogP) is 5.56. The predicted molar refractivity (Wildman–Crippen MR) is 154 cm³/mol. The molecule has 0 N–H and O–H groups in total. The summed E-state index contributed by atoms with van der Waals surface area (Å²) in [6.45, 7) is 10.6. The van der Waals surface area contributed by atoms with E-state index in [4.69, 9.17) is 18.9 Å². The molecule has 0 aromatic heterocycles. The number of ether oxygens (including phenoxy) is 4. The molecule has 218 valence electrons. The third-order valence-corrected chi connectivity index (χ3v) is 7.93. The van der Waals surface area contributed by atoms with Crippen LogP contribution in [-0.4, -0.2) is 67.9 Å². The van der Waals surface area contributed by atoms with E-state index in [0.29, 0.717) is 24.5 Å². The van der Waals surface area contributed by atoms with Crippen LogP contribution in [0.2, 0.25) is 0 Å². The van der Waals surface area contributed by atoms with Crippen LogP contribution in [0.1, 0.15) is 76.5 Å². The number of rotatable bonds is 13. The van der Waals surface area contributed by atoms with Gasteiger partial charge in [-0.2, -0.15) is 0 Å². The monoisotopic (exact) mass is 552 g/mol. The second kappa shape index (κ2) is 13.9. The van der Waals surface area contributed by atoms with Gasteiger partial charge < -0.3 is 23.8 Å². The van der Waals surface area contributed by atoms with Crippen molar-refractivity contribution in [2.24, 2.45) is 5.92 Å². The fourth-order valence-electron chi connectivity index (χ4n) is 6.18. The van der Waals surface area contributed by atoms with Crippen LogP contribution in [0.3, 0.4) is 0 Å². The van der Waals surface area contributed by atoms with Crippen LogP contribution in [0.5, 0.6) is 17.2 Å². The van der Waals surface area contributed by atoms with Gasteiger partial charge in [0.2, 0.25) is 12.7 Å². The molecular formula is C32H44N2O6. The summed E-state index contributed by atoms with van der Waals surface area (Å²) in [5.41, 5.74) is 1.94. The first-order valence-corrected chi connectivity index (χ1v) is 14.7. The van der Waals surface area contributed by atoms with Crippen molar-refractivity contribution in [3.63, 3.8) is 0 Å². The smallest absolute Gasteiger partial charge is 0.311 e. The first kappa shape index (κ1) is 29.7. The van der Waals surface area contributed by atoms with Crippen LogP contribution < -0.4 is 14.2 Å². The Bertz CT molecular complexity index is 1130. The molecule has 2 heterocycles. The summed E-state index contributed by atoms with van der Waals surface area (Å²) in [6, 6.07) is 13.0. The van der Waals surface area contributed by atoms with Gasteiger partial charge in [-0.1, -0.05) is 45.4 Å². The number of hydrogen-bond donors (Lipinski definition) is 0. The summed E-state index contributed by atoms with van der Waals surface area (Å²) < 4.78 is 22.4. The molecule has 8 nitrogen and oxygen atoms in total. The molecule has 3 unspecified atom stereocenters. The number of methoxy groups -OCH3 is 1. The molecule has 4 rings (SSSR count). The number of likely N-dealkylation sites (tertiary alicyclic amines) is 1. The van der Waals surface area contributed by atoms with E-state index >= 15 is 0 Å². The molecule has 2 aromatic carbocycles. The SMILES string of the molecule is CCC[C@H](C(=O)N(CCC)CCC)N1CC(c2ccc3c(c2)OCO3)C(C(=O)OCC)C1c1ccc(OC)cc1. The van der Waals surface area contributed by atoms with E-state index in [-0.39, 0.29) is 43.3 Å². The lowest BCUT2D eigenvalue weighted by atomic mass is 9.82. The minimum absolute atomic E-state index is 0.137. The van der Waals surface area contributed by atoms with Crippen molar-refractivity contribution in [3.8, 4) is 17.2 Å². The van der Waals surface area contributed by atoms with E-state index in [1.165, 1.54) is 0 Å². The lowest BCUT2D eigenvalue weighted by Crippen LogP contribution is -2.49. The third-order valence-electron chi connectivity index (χ3n) is 7.93. The standard InChI is InChI=1S/C32H44N2O6/c1-6-10-26(31(35)33(17-7-2)18-8-3)34-20-25(23-13-16-27-28(19-23)40-21-39-27)29(32(36)38-9-4)30(34)22-11-14-24(37-5)15-12-22/h11-16,19,25-26,29-30H,6-10,17-18,20-21H2,1-5H3/t25?,26-,29?,30?/m1/s1. The fraction of sp³-hybridized carbons (Fsp3) is 0.562. The summed E-state index contributed by atoms with van der Waals surface area (Å²) in [7, 11) is 1.64. The Balaban J connectivity index is 1.83. The zero-order chi connectivity index (χ0) is 28.6. The molecular weight excluding hydrogens is 508 g/mol. The Morgan fingerprint density at radius 1 is 0.950 bits per heavy atom. The Labute approximate surface area is 238 Å². The third kappa shape index (κ3) is 6.22. The van der Waals surface area contributed by atoms with Gasteiger partial charge in [0.1, 0.15) is 5.75 Å². The lowest BCUT2D eigenvalue weighted by Gasteiger charge is -2.37. The molecule has 0 spiro atoms. The quantitative estimate of drug-likeness (QED) is 0.301. The largest absolute Gasteiger partial charge is 0.497 e. The topological polar surface area (TPSA) is 77.5 Å². The molecule has 1 amide bonds. The zero-order valence-electron chi connectivity index (χ0n) is 24.6. The minimum atomic E-state index is -0.508. The van der Waals surface area contributed by atoms with E-state index in [2.05, 4.69) is 25.7 Å². The van der Waals surface area contributed by atoms with Crippen LogP contribution in [0.25, 0.3) is 0 Å². The Morgan fingerprint density at radius 3 is 2.25 bits per heavy atom. The molecule has 2 aromatic rings. The van der Waals surface area contributed by atoms with E-state index in [1.807, 2.05) is 54.3 Å². The normalized spacial score (nSPS) is 20.8. The summed E-state index contributed by atoms with van der Waals surface area (Å²) in [4.78, 5) is 32.2. The highest BCUT2D eigenvalue weighted by Crippen LogP contribution is 2.49. The van der Waals surface area contributed by atoms with Crippen molar-refractivity contribution in [3.05, 3.63) is 53.6 Å². The van der Waals surface area contributed by atoms with Gasteiger partial charge >= 0.3 is 5.97 Å². The van der Waals surface area contributed by atoms with E-state index in [1.54, 1.807) is 7.11 Å². The minimum Gasteiger partial charge on any atom is -0.497 e. The number of amides is 1. The lowest BCUT2D eigenvalue weighted by molar-refractivity contribution is -0.150. The molecule has 2 aliphatic rings. The Kier molecular flexibility index (Phi) is 10.3. The molecule has 4 atom stereocenters. The number of nitrogens with zero attached hydrogens (tertiary/aromatic N) is 2. The van der Waals surface area contributed by atoms with Crippen molar-refractivity contribution >= 4 is 11.9 Å². The van der Waals surface area contributed by atoms with E-state index in [0.717, 1.165) is 49.2 Å². The van der Waals surface area contributed by atoms with Crippen molar-refractivity contribution in [2.45, 2.75) is 71.4 Å². The Hall–Kier alpha value is -3.26. The number of carbonyl (C=O) groups is 2. The summed E-state index contributed by atoms with van der Waals surface area (Å²) in [6.07, 6.45) is 3.36. The second-order valence-corrected chi connectivity index (χ2v) is 10.5. The number of carbonyl (C=O) groups excluding carboxylic acids is 2. The number of fused-ring (bicyclic) bond motifs is 1. The van der Waals surface area contributed by atoms with E-state index < -0.39 is 5.92 Å². The average molecular weight is 553 g/mol. The highest BCUT2D eigenvalue weighted by molar-refractivity contribution is 5.83. The summed E-state index contributed by atoms with van der Waals surface area (Å²) in [5, 5.41) is 0. The average Bonchev–Trinajstić information content (AvgIpc) is 3.60. The van der Waals surface area contributed by atoms with Gasteiger partial charge in [-0.3, -0.25) is 14.5 Å². The van der Waals surface area contributed by atoms with Gasteiger partial charge in [0, 0.05) is 31.6 Å². The first-order chi connectivity index (χ1) is 19.5. The fourth-order valence-corrected chi connectivity index (χ4v) is 6.18. The highest BCUT2D eigenvalue weighted by Gasteiger charge is 2.51. The summed E-state index contributed by atoms with van der Waals surface area (Å²) >= 11 is 0. The van der Waals surface area contributed by atoms with Gasteiger partial charge in [-0.15, -0.1) is 0 Å². The maximum absolute atomic E-state index is 14.2. The maximum Gasteiger partial charge on any atom is 0.311 e. The second-order valence-electron chi connectivity index (χ2n) is 10.5. The van der Waals surface area contributed by atoms with Crippen LogP contribution in [0, 0.1) is 5.92 Å². The first-order valence-electron chi connectivity index (χ1n) is 14.7. The molecule has 0 saturated carbocycles. The molecule has 0 radical (unpaired) electrons. The zero-order valence-corrected chi connectivity index (χ0v) is 24.6. The highest BCUT2D eigenvalue weighted by atomic mass is 16.7. The van der Waals surface area contributed by atoms with Gasteiger partial charge in [0.05, 0.1) is 25.7 Å². The van der Waals surface area contributed by atoms with Gasteiger partial charge in [-0.25, -0.2) is 0 Å². The molecule has 1 saturated heterocycles. The van der Waals surface area contributed by atoms with Gasteiger partial charge in [-0.05, 0) is 61.6 Å². The molecule has 8 heteroatoms. The Morgan fingerprint density at radius 2 is 1.62 bits per heavy atom. The van der Waals surface area contributed by atoms with Crippen molar-refractivity contribution in [1.29, 1.82) is 0 Å². The number of benzene rings is 2.